The Bertz CT molecular complexity index is 469. The highest BCUT2D eigenvalue weighted by Crippen LogP contribution is 2.12. The maximum atomic E-state index is 5.34. The Labute approximate surface area is 135 Å². The summed E-state index contributed by atoms with van der Waals surface area (Å²) in [5.74, 6) is 0. The summed E-state index contributed by atoms with van der Waals surface area (Å²) < 4.78 is 5.34. The molecule has 2 heterocycles. The van der Waals surface area contributed by atoms with Crippen LogP contribution in [-0.4, -0.2) is 50.7 Å². The van der Waals surface area contributed by atoms with Gasteiger partial charge in [0.15, 0.2) is 5.11 Å². The van der Waals surface area contributed by atoms with Gasteiger partial charge in [0, 0.05) is 22.7 Å². The first-order chi connectivity index (χ1) is 10.2. The van der Waals surface area contributed by atoms with Gasteiger partial charge in [0.1, 0.15) is 13.1 Å². The SMILES string of the molecule is Cc1ccc(/C=N\NC(=S)NCCC[NH+]2CCOCC2)s1. The third kappa shape index (κ3) is 6.52. The van der Waals surface area contributed by atoms with Crippen molar-refractivity contribution < 1.29 is 9.64 Å². The molecule has 1 aliphatic heterocycles. The maximum Gasteiger partial charge on any atom is 0.186 e. The molecule has 0 aliphatic carbocycles. The van der Waals surface area contributed by atoms with Gasteiger partial charge >= 0.3 is 0 Å². The zero-order chi connectivity index (χ0) is 14.9. The topological polar surface area (TPSA) is 50.1 Å². The van der Waals surface area contributed by atoms with Crippen molar-refractivity contribution >= 4 is 34.9 Å². The second-order valence-electron chi connectivity index (χ2n) is 5.04. The molecule has 2 rings (SSSR count). The van der Waals surface area contributed by atoms with Crippen molar-refractivity contribution in [3.05, 3.63) is 21.9 Å². The first kappa shape index (κ1) is 16.4. The highest BCUT2D eigenvalue weighted by molar-refractivity contribution is 7.80. The zero-order valence-electron chi connectivity index (χ0n) is 12.4. The van der Waals surface area contributed by atoms with Crippen molar-refractivity contribution in [3.63, 3.8) is 0 Å². The molecule has 3 N–H and O–H groups in total. The molecule has 5 nitrogen and oxygen atoms in total. The van der Waals surface area contributed by atoms with Crippen LogP contribution in [0.15, 0.2) is 17.2 Å². The van der Waals surface area contributed by atoms with Crippen LogP contribution in [0, 0.1) is 6.92 Å². The van der Waals surface area contributed by atoms with E-state index in [0.29, 0.717) is 5.11 Å². The number of hydrazone groups is 1. The summed E-state index contributed by atoms with van der Waals surface area (Å²) in [7, 11) is 0. The summed E-state index contributed by atoms with van der Waals surface area (Å²) in [5.41, 5.74) is 2.85. The molecule has 0 bridgehead atoms. The maximum absolute atomic E-state index is 5.34. The van der Waals surface area contributed by atoms with Gasteiger partial charge in [-0.3, -0.25) is 5.43 Å². The van der Waals surface area contributed by atoms with Gasteiger partial charge in [0.25, 0.3) is 0 Å². The van der Waals surface area contributed by atoms with Crippen molar-refractivity contribution in [2.45, 2.75) is 13.3 Å². The van der Waals surface area contributed by atoms with Crippen LogP contribution in [0.1, 0.15) is 16.2 Å². The van der Waals surface area contributed by atoms with Crippen molar-refractivity contribution in [3.8, 4) is 0 Å². The third-order valence-electron chi connectivity index (χ3n) is 3.31. The van der Waals surface area contributed by atoms with E-state index in [0.717, 1.165) is 50.7 Å². The van der Waals surface area contributed by atoms with Crippen LogP contribution >= 0.6 is 23.6 Å². The third-order valence-corrected chi connectivity index (χ3v) is 4.48. The fraction of sp³-hybridized carbons (Fsp3) is 0.571. The molecule has 0 atom stereocenters. The molecule has 1 aromatic rings. The van der Waals surface area contributed by atoms with E-state index in [1.807, 2.05) is 6.07 Å². The quantitative estimate of drug-likeness (QED) is 0.302. The molecule has 0 spiro atoms. The fourth-order valence-corrected chi connectivity index (χ4v) is 3.07. The molecule has 0 amide bonds. The van der Waals surface area contributed by atoms with Crippen LogP contribution in [0.5, 0.6) is 0 Å². The second kappa shape index (κ2) is 9.09. The van der Waals surface area contributed by atoms with Crippen LogP contribution in [0.3, 0.4) is 0 Å². The van der Waals surface area contributed by atoms with Crippen molar-refractivity contribution in [2.24, 2.45) is 5.10 Å². The van der Waals surface area contributed by atoms with E-state index in [9.17, 15) is 0 Å². The van der Waals surface area contributed by atoms with E-state index in [2.05, 4.69) is 28.8 Å². The fourth-order valence-electron chi connectivity index (χ4n) is 2.17. The smallest absolute Gasteiger partial charge is 0.186 e. The average molecular weight is 327 g/mol. The van der Waals surface area contributed by atoms with Gasteiger partial charge in [-0.15, -0.1) is 11.3 Å². The van der Waals surface area contributed by atoms with Crippen molar-refractivity contribution in [1.82, 2.24) is 10.7 Å². The van der Waals surface area contributed by atoms with E-state index >= 15 is 0 Å². The highest BCUT2D eigenvalue weighted by Gasteiger charge is 2.12. The summed E-state index contributed by atoms with van der Waals surface area (Å²) in [6, 6.07) is 4.13. The Hall–Kier alpha value is -1.02. The van der Waals surface area contributed by atoms with E-state index in [-0.39, 0.29) is 0 Å². The number of rotatable bonds is 6. The van der Waals surface area contributed by atoms with E-state index in [1.165, 1.54) is 4.88 Å². The molecule has 1 saturated heterocycles. The van der Waals surface area contributed by atoms with Crippen LogP contribution in [-0.2, 0) is 4.74 Å². The largest absolute Gasteiger partial charge is 0.370 e. The summed E-state index contributed by atoms with van der Waals surface area (Å²) >= 11 is 6.90. The number of morpholine rings is 1. The minimum absolute atomic E-state index is 0.580. The number of aryl methyl sites for hydroxylation is 1. The number of thiocarbonyl (C=S) groups is 1. The van der Waals surface area contributed by atoms with Gasteiger partial charge in [-0.05, 0) is 31.3 Å². The number of hydrogen-bond acceptors (Lipinski definition) is 4. The molecule has 21 heavy (non-hydrogen) atoms. The van der Waals surface area contributed by atoms with Gasteiger partial charge < -0.3 is 15.0 Å². The van der Waals surface area contributed by atoms with E-state index in [4.69, 9.17) is 17.0 Å². The summed E-state index contributed by atoms with van der Waals surface area (Å²) in [6.07, 6.45) is 2.90. The lowest BCUT2D eigenvalue weighted by molar-refractivity contribution is -0.908. The predicted molar refractivity (Wildman–Crippen MR) is 91.4 cm³/mol. The molecule has 0 radical (unpaired) electrons. The Morgan fingerprint density at radius 1 is 1.48 bits per heavy atom. The molecule has 1 aliphatic rings. The molecular weight excluding hydrogens is 304 g/mol. The van der Waals surface area contributed by atoms with Crippen LogP contribution in [0.2, 0.25) is 0 Å². The van der Waals surface area contributed by atoms with Crippen LogP contribution in [0.25, 0.3) is 0 Å². The molecule has 0 unspecified atom stereocenters. The van der Waals surface area contributed by atoms with Gasteiger partial charge in [-0.25, -0.2) is 0 Å². The van der Waals surface area contributed by atoms with Crippen molar-refractivity contribution in [1.29, 1.82) is 0 Å². The van der Waals surface area contributed by atoms with Crippen LogP contribution < -0.4 is 15.6 Å². The number of thiophene rings is 1. The van der Waals surface area contributed by atoms with Gasteiger partial charge in [0.2, 0.25) is 0 Å². The highest BCUT2D eigenvalue weighted by atomic mass is 32.1. The molecule has 0 saturated carbocycles. The monoisotopic (exact) mass is 327 g/mol. The van der Waals surface area contributed by atoms with E-state index in [1.54, 1.807) is 22.5 Å². The van der Waals surface area contributed by atoms with E-state index < -0.39 is 0 Å². The first-order valence-corrected chi connectivity index (χ1v) is 8.51. The average Bonchev–Trinajstić information content (AvgIpc) is 2.90. The zero-order valence-corrected chi connectivity index (χ0v) is 14.0. The van der Waals surface area contributed by atoms with Gasteiger partial charge in [-0.1, -0.05) is 0 Å². The Balaban J connectivity index is 1.54. The number of nitrogens with one attached hydrogen (secondary N) is 3. The molecule has 1 aromatic heterocycles. The molecular formula is C14H23N4OS2+. The lowest BCUT2D eigenvalue weighted by Gasteiger charge is -2.23. The minimum atomic E-state index is 0.580. The summed E-state index contributed by atoms with van der Waals surface area (Å²) in [5, 5.41) is 7.89. The normalized spacial score (nSPS) is 16.2. The van der Waals surface area contributed by atoms with Gasteiger partial charge in [0.05, 0.1) is 26.0 Å². The van der Waals surface area contributed by atoms with Gasteiger partial charge in [-0.2, -0.15) is 5.10 Å². The molecule has 116 valence electrons. The lowest BCUT2D eigenvalue weighted by Crippen LogP contribution is -3.14. The second-order valence-corrected chi connectivity index (χ2v) is 6.77. The standard InChI is InChI=1S/C14H22N4OS2/c1-12-3-4-13(21-12)11-16-17-14(20)15-5-2-6-18-7-9-19-10-8-18/h3-4,11H,2,5-10H2,1H3,(H2,15,17,20)/p+1/b16-11-. The van der Waals surface area contributed by atoms with Crippen molar-refractivity contribution in [2.75, 3.05) is 39.4 Å². The first-order valence-electron chi connectivity index (χ1n) is 7.29. The number of nitrogens with zero attached hydrogens (tertiary/aromatic N) is 1. The molecule has 0 aromatic carbocycles. The minimum Gasteiger partial charge on any atom is -0.370 e. The Morgan fingerprint density at radius 3 is 3.00 bits per heavy atom. The lowest BCUT2D eigenvalue weighted by atomic mass is 10.3. The van der Waals surface area contributed by atoms with Crippen LogP contribution in [0.4, 0.5) is 0 Å². The summed E-state index contributed by atoms with van der Waals surface area (Å²) in [6.45, 7) is 8.14. The molecule has 1 fully saturated rings. The number of quaternary nitrogens is 1. The number of hydrogen-bond donors (Lipinski definition) is 3. The molecule has 7 heteroatoms. The Morgan fingerprint density at radius 2 is 2.29 bits per heavy atom. The predicted octanol–water partition coefficient (Wildman–Crippen LogP) is 0.160. The number of ether oxygens (including phenoxy) is 1. The Kier molecular flexibility index (Phi) is 7.08. The summed E-state index contributed by atoms with van der Waals surface area (Å²) in [4.78, 5) is 4.02.